The first kappa shape index (κ1) is 12.0. The van der Waals surface area contributed by atoms with E-state index in [9.17, 15) is 0 Å². The first-order chi connectivity index (χ1) is 6.15. The van der Waals surface area contributed by atoms with Gasteiger partial charge in [-0.15, -0.1) is 12.6 Å². The van der Waals surface area contributed by atoms with Crippen molar-refractivity contribution >= 4 is 18.8 Å². The van der Waals surface area contributed by atoms with Crippen LogP contribution >= 0.6 is 12.6 Å². The summed E-state index contributed by atoms with van der Waals surface area (Å²) in [6, 6.07) is 0. The number of hydrogen-bond acceptors (Lipinski definition) is 2. The monoisotopic (exact) mass is 193 g/mol. The number of rotatable bonds is 4. The number of hydrogen-bond donors (Lipinski definition) is 1. The van der Waals surface area contributed by atoms with Gasteiger partial charge in [-0.2, -0.15) is 0 Å². The summed E-state index contributed by atoms with van der Waals surface area (Å²) in [4.78, 5) is 4.88. The third-order valence-electron chi connectivity index (χ3n) is 1.38. The maximum absolute atomic E-state index is 4.19. The zero-order valence-electron chi connectivity index (χ0n) is 8.12. The van der Waals surface area contributed by atoms with Gasteiger partial charge in [-0.25, -0.2) is 0 Å². The predicted molar refractivity (Wildman–Crippen MR) is 64.3 cm³/mol. The van der Waals surface area contributed by atoms with Crippen LogP contribution in [0.1, 0.15) is 13.8 Å². The van der Waals surface area contributed by atoms with Crippen LogP contribution in [0.4, 0.5) is 0 Å². The Balaban J connectivity index is 4.96. The van der Waals surface area contributed by atoms with Gasteiger partial charge in [0, 0.05) is 11.8 Å². The highest BCUT2D eigenvalue weighted by Gasteiger charge is 1.96. The molecule has 0 aromatic carbocycles. The second-order valence-corrected chi connectivity index (χ2v) is 2.93. The molecule has 0 aromatic heterocycles. The minimum Gasteiger partial charge on any atom is -0.261 e. The average Bonchev–Trinajstić information content (AvgIpc) is 2.10. The van der Waals surface area contributed by atoms with Crippen molar-refractivity contribution < 1.29 is 0 Å². The van der Waals surface area contributed by atoms with Crippen LogP contribution in [-0.4, -0.2) is 6.21 Å². The van der Waals surface area contributed by atoms with Gasteiger partial charge in [0.2, 0.25) is 0 Å². The van der Waals surface area contributed by atoms with Gasteiger partial charge in [0.1, 0.15) is 0 Å². The second-order valence-electron chi connectivity index (χ2n) is 2.36. The highest BCUT2D eigenvalue weighted by atomic mass is 32.1. The third-order valence-corrected chi connectivity index (χ3v) is 1.51. The minimum atomic E-state index is 0.695. The number of thiol groups is 1. The van der Waals surface area contributed by atoms with Gasteiger partial charge >= 0.3 is 0 Å². The first-order valence-electron chi connectivity index (χ1n) is 4.03. The van der Waals surface area contributed by atoms with Gasteiger partial charge in [-0.05, 0) is 24.8 Å². The van der Waals surface area contributed by atoms with Gasteiger partial charge in [-0.1, -0.05) is 25.3 Å². The average molecular weight is 193 g/mol. The molecule has 2 heteroatoms. The van der Waals surface area contributed by atoms with Crippen LogP contribution in [0.25, 0.3) is 0 Å². The van der Waals surface area contributed by atoms with Crippen molar-refractivity contribution in [2.45, 2.75) is 13.8 Å². The lowest BCUT2D eigenvalue weighted by Crippen LogP contribution is -1.83. The predicted octanol–water partition coefficient (Wildman–Crippen LogP) is 3.54. The molecule has 13 heavy (non-hydrogen) atoms. The van der Waals surface area contributed by atoms with Crippen molar-refractivity contribution in [2.75, 3.05) is 0 Å². The molecule has 0 aliphatic carbocycles. The molecule has 1 nitrogen and oxygen atoms in total. The largest absolute Gasteiger partial charge is 0.261 e. The summed E-state index contributed by atoms with van der Waals surface area (Å²) in [6.07, 6.45) is 7.24. The van der Waals surface area contributed by atoms with Crippen LogP contribution < -0.4 is 0 Å². The molecule has 0 heterocycles. The third kappa shape index (κ3) is 4.53. The Morgan fingerprint density at radius 3 is 2.31 bits per heavy atom. The summed E-state index contributed by atoms with van der Waals surface area (Å²) in [7, 11) is 0. The van der Waals surface area contributed by atoms with Gasteiger partial charge < -0.3 is 0 Å². The van der Waals surface area contributed by atoms with Crippen molar-refractivity contribution in [3.63, 3.8) is 0 Å². The zero-order valence-corrected chi connectivity index (χ0v) is 9.01. The zero-order chi connectivity index (χ0) is 10.3. The maximum atomic E-state index is 4.19. The Morgan fingerprint density at radius 2 is 2.00 bits per heavy atom. The van der Waals surface area contributed by atoms with Gasteiger partial charge in [-0.3, -0.25) is 4.99 Å². The van der Waals surface area contributed by atoms with Gasteiger partial charge in [0.25, 0.3) is 0 Å². The summed E-state index contributed by atoms with van der Waals surface area (Å²) >= 11 is 4.10. The van der Waals surface area contributed by atoms with Crippen molar-refractivity contribution in [3.8, 4) is 0 Å². The lowest BCUT2D eigenvalue weighted by atomic mass is 10.1. The molecule has 0 atom stereocenters. The number of nitrogens with zero attached hydrogens (tertiary/aromatic N) is 1. The molecule has 0 amide bonds. The van der Waals surface area contributed by atoms with E-state index in [1.807, 2.05) is 26.0 Å². The van der Waals surface area contributed by atoms with Gasteiger partial charge in [0.15, 0.2) is 0 Å². The van der Waals surface area contributed by atoms with Crippen LogP contribution in [0.2, 0.25) is 0 Å². The molecule has 0 aromatic rings. The molecule has 0 saturated heterocycles. The Bertz CT molecular complexity index is 282. The van der Waals surface area contributed by atoms with Crippen LogP contribution in [-0.2, 0) is 0 Å². The lowest BCUT2D eigenvalue weighted by Gasteiger charge is -2.01. The summed E-state index contributed by atoms with van der Waals surface area (Å²) in [5.74, 6) is 0. The Morgan fingerprint density at radius 1 is 1.38 bits per heavy atom. The van der Waals surface area contributed by atoms with Crippen LogP contribution in [0, 0.1) is 0 Å². The highest BCUT2D eigenvalue weighted by Crippen LogP contribution is 2.15. The fourth-order valence-corrected chi connectivity index (χ4v) is 1.01. The first-order valence-corrected chi connectivity index (χ1v) is 4.47. The van der Waals surface area contributed by atoms with E-state index in [0.717, 1.165) is 11.3 Å². The molecule has 0 aliphatic rings. The van der Waals surface area contributed by atoms with Crippen molar-refractivity contribution in [1.29, 1.82) is 0 Å². The van der Waals surface area contributed by atoms with E-state index in [2.05, 4.69) is 30.8 Å². The molecule has 0 spiro atoms. The van der Waals surface area contributed by atoms with Crippen LogP contribution in [0.15, 0.2) is 52.6 Å². The molecule has 0 N–H and O–H groups in total. The smallest absolute Gasteiger partial charge is 0.0655 e. The van der Waals surface area contributed by atoms with Crippen molar-refractivity contribution in [2.24, 2.45) is 4.99 Å². The van der Waals surface area contributed by atoms with Crippen molar-refractivity contribution in [1.82, 2.24) is 0 Å². The molecule has 0 saturated carbocycles. The van der Waals surface area contributed by atoms with Gasteiger partial charge in [0.05, 0.1) is 5.70 Å². The molecule has 0 rings (SSSR count). The molecule has 0 unspecified atom stereocenters. The molecule has 0 bridgehead atoms. The van der Waals surface area contributed by atoms with Crippen LogP contribution in [0.5, 0.6) is 0 Å². The lowest BCUT2D eigenvalue weighted by molar-refractivity contribution is 1.33. The summed E-state index contributed by atoms with van der Waals surface area (Å²) in [6.45, 7) is 11.2. The van der Waals surface area contributed by atoms with E-state index >= 15 is 0 Å². The van der Waals surface area contributed by atoms with E-state index in [1.54, 1.807) is 12.3 Å². The normalized spacial score (nSPS) is 13.5. The van der Waals surface area contributed by atoms with E-state index in [4.69, 9.17) is 0 Å². The Labute approximate surface area is 85.7 Å². The quantitative estimate of drug-likeness (QED) is 0.398. The van der Waals surface area contributed by atoms with Crippen LogP contribution in [0.3, 0.4) is 0 Å². The summed E-state index contributed by atoms with van der Waals surface area (Å²) < 4.78 is 0. The molecule has 0 fully saturated rings. The molecular weight excluding hydrogens is 178 g/mol. The van der Waals surface area contributed by atoms with E-state index in [-0.39, 0.29) is 0 Å². The number of aliphatic imine (C=N–C) groups is 1. The molecule has 0 aliphatic heterocycles. The summed E-state index contributed by atoms with van der Waals surface area (Å²) in [5, 5.41) is 0. The van der Waals surface area contributed by atoms with E-state index in [1.165, 1.54) is 0 Å². The standard InChI is InChI=1S/C11H15NS/c1-5-10(8-9(4)13)11(6-2)12-7-3/h5-8,13H,1,4H2,2-3H3/b10-8-,11-6+,12-7-. The number of allylic oxidation sites excluding steroid dienone is 3. The fourth-order valence-electron chi connectivity index (χ4n) is 0.872. The second kappa shape index (κ2) is 6.49. The highest BCUT2D eigenvalue weighted by molar-refractivity contribution is 7.84. The Hall–Kier alpha value is -1.02. The topological polar surface area (TPSA) is 12.4 Å². The fraction of sp³-hybridized carbons (Fsp3) is 0.182. The summed E-state index contributed by atoms with van der Waals surface area (Å²) in [5.41, 5.74) is 1.81. The molecular formula is C11H15NS. The Kier molecular flexibility index (Phi) is 5.98. The maximum Gasteiger partial charge on any atom is 0.0655 e. The van der Waals surface area contributed by atoms with E-state index < -0.39 is 0 Å². The molecule has 70 valence electrons. The van der Waals surface area contributed by atoms with Crippen molar-refractivity contribution in [3.05, 3.63) is 47.6 Å². The molecule has 0 radical (unpaired) electrons. The SMILES string of the molecule is C=CC(=C/C(=C)S)/C(=C\C)/N=C\C. The minimum absolute atomic E-state index is 0.695. The van der Waals surface area contributed by atoms with E-state index in [0.29, 0.717) is 4.91 Å².